The molecule has 0 atom stereocenters. The Morgan fingerprint density at radius 3 is 2.58 bits per heavy atom. The number of amides is 1. The van der Waals surface area contributed by atoms with Crippen LogP contribution >= 0.6 is 0 Å². The smallest absolute Gasteiger partial charge is 0.244 e. The number of carbonyl (C=O) groups excluding carboxylic acids is 1. The number of nitrogen functional groups attached to an aromatic ring is 1. The highest BCUT2D eigenvalue weighted by Gasteiger charge is 2.15. The standard InChI is InChI=1S/C13H24N4O2/c1-5-16(7-8-19-6-2)12(18)9-17-11(4)13(14)10(3)15-17/h5-9,14H2,1-4H3. The quantitative estimate of drug-likeness (QED) is 0.748. The van der Waals surface area contributed by atoms with Gasteiger partial charge in [-0.1, -0.05) is 0 Å². The topological polar surface area (TPSA) is 73.4 Å². The predicted molar refractivity (Wildman–Crippen MR) is 74.9 cm³/mol. The van der Waals surface area contributed by atoms with Gasteiger partial charge in [-0.3, -0.25) is 9.48 Å². The fraction of sp³-hybridized carbons (Fsp3) is 0.692. The number of hydrogen-bond acceptors (Lipinski definition) is 4. The van der Waals surface area contributed by atoms with Crippen LogP contribution in [0, 0.1) is 13.8 Å². The highest BCUT2D eigenvalue weighted by Crippen LogP contribution is 2.14. The van der Waals surface area contributed by atoms with E-state index in [2.05, 4.69) is 5.10 Å². The Morgan fingerprint density at radius 1 is 1.42 bits per heavy atom. The highest BCUT2D eigenvalue weighted by atomic mass is 16.5. The molecule has 0 saturated carbocycles. The Morgan fingerprint density at radius 2 is 2.11 bits per heavy atom. The number of hydrogen-bond donors (Lipinski definition) is 1. The molecule has 1 amide bonds. The van der Waals surface area contributed by atoms with Gasteiger partial charge in [-0.05, 0) is 27.7 Å². The number of likely N-dealkylation sites (N-methyl/N-ethyl adjacent to an activating group) is 1. The first-order valence-electron chi connectivity index (χ1n) is 6.66. The van der Waals surface area contributed by atoms with Gasteiger partial charge < -0.3 is 15.4 Å². The Kier molecular flexibility index (Phi) is 5.82. The minimum atomic E-state index is 0.0350. The summed E-state index contributed by atoms with van der Waals surface area (Å²) in [5.41, 5.74) is 8.12. The van der Waals surface area contributed by atoms with Crippen LogP contribution in [-0.2, 0) is 16.1 Å². The third kappa shape index (κ3) is 3.96. The lowest BCUT2D eigenvalue weighted by Crippen LogP contribution is -2.36. The monoisotopic (exact) mass is 268 g/mol. The van der Waals surface area contributed by atoms with Gasteiger partial charge in [-0.2, -0.15) is 5.10 Å². The maximum Gasteiger partial charge on any atom is 0.244 e. The number of nitrogens with zero attached hydrogens (tertiary/aromatic N) is 3. The van der Waals surface area contributed by atoms with E-state index in [1.165, 1.54) is 0 Å². The molecule has 0 spiro atoms. The second-order valence-electron chi connectivity index (χ2n) is 4.41. The fourth-order valence-corrected chi connectivity index (χ4v) is 1.87. The van der Waals surface area contributed by atoms with Crippen LogP contribution in [0.2, 0.25) is 0 Å². The first kappa shape index (κ1) is 15.5. The molecule has 0 aliphatic carbocycles. The lowest BCUT2D eigenvalue weighted by molar-refractivity contribution is -0.132. The fourth-order valence-electron chi connectivity index (χ4n) is 1.87. The van der Waals surface area contributed by atoms with Gasteiger partial charge >= 0.3 is 0 Å². The summed E-state index contributed by atoms with van der Waals surface area (Å²) in [6.45, 7) is 10.3. The van der Waals surface area contributed by atoms with E-state index in [0.29, 0.717) is 32.0 Å². The highest BCUT2D eigenvalue weighted by molar-refractivity contribution is 5.76. The number of aromatic nitrogens is 2. The molecule has 0 aliphatic heterocycles. The average molecular weight is 268 g/mol. The summed E-state index contributed by atoms with van der Waals surface area (Å²) < 4.78 is 6.94. The number of aryl methyl sites for hydroxylation is 1. The van der Waals surface area contributed by atoms with Crippen molar-refractivity contribution in [3.05, 3.63) is 11.4 Å². The van der Waals surface area contributed by atoms with Crippen molar-refractivity contribution in [1.82, 2.24) is 14.7 Å². The lowest BCUT2D eigenvalue weighted by Gasteiger charge is -2.21. The first-order chi connectivity index (χ1) is 9.01. The largest absolute Gasteiger partial charge is 0.396 e. The molecule has 0 aromatic carbocycles. The van der Waals surface area contributed by atoms with Crippen LogP contribution in [0.5, 0.6) is 0 Å². The van der Waals surface area contributed by atoms with Crippen molar-refractivity contribution in [3.8, 4) is 0 Å². The molecular formula is C13H24N4O2. The van der Waals surface area contributed by atoms with Crippen molar-refractivity contribution >= 4 is 11.6 Å². The summed E-state index contributed by atoms with van der Waals surface area (Å²) in [6.07, 6.45) is 0. The number of ether oxygens (including phenoxy) is 1. The van der Waals surface area contributed by atoms with Gasteiger partial charge in [0.1, 0.15) is 6.54 Å². The number of anilines is 1. The Labute approximate surface area is 114 Å². The van der Waals surface area contributed by atoms with Crippen LogP contribution in [0.3, 0.4) is 0 Å². The van der Waals surface area contributed by atoms with E-state index in [0.717, 1.165) is 11.4 Å². The van der Waals surface area contributed by atoms with Gasteiger partial charge in [0.15, 0.2) is 0 Å². The van der Waals surface area contributed by atoms with Crippen LogP contribution in [-0.4, -0.2) is 46.9 Å². The summed E-state index contributed by atoms with van der Waals surface area (Å²) in [5, 5.41) is 4.28. The molecule has 1 heterocycles. The summed E-state index contributed by atoms with van der Waals surface area (Å²) in [6, 6.07) is 0. The second-order valence-corrected chi connectivity index (χ2v) is 4.41. The Bertz CT molecular complexity index is 429. The van der Waals surface area contributed by atoms with E-state index in [4.69, 9.17) is 10.5 Å². The molecule has 0 unspecified atom stereocenters. The summed E-state index contributed by atoms with van der Waals surface area (Å²) in [7, 11) is 0. The van der Waals surface area contributed by atoms with E-state index >= 15 is 0 Å². The molecular weight excluding hydrogens is 244 g/mol. The molecule has 108 valence electrons. The van der Waals surface area contributed by atoms with Gasteiger partial charge in [0.05, 0.1) is 23.7 Å². The summed E-state index contributed by atoms with van der Waals surface area (Å²) in [4.78, 5) is 13.9. The molecule has 1 rings (SSSR count). The SMILES string of the molecule is CCOCCN(CC)C(=O)Cn1nc(C)c(N)c1C. The molecule has 6 nitrogen and oxygen atoms in total. The zero-order valence-electron chi connectivity index (χ0n) is 12.3. The van der Waals surface area contributed by atoms with E-state index in [-0.39, 0.29) is 12.5 Å². The van der Waals surface area contributed by atoms with Crippen molar-refractivity contribution in [2.45, 2.75) is 34.2 Å². The van der Waals surface area contributed by atoms with Crippen LogP contribution in [0.15, 0.2) is 0 Å². The molecule has 1 aromatic heterocycles. The van der Waals surface area contributed by atoms with Crippen molar-refractivity contribution < 1.29 is 9.53 Å². The zero-order chi connectivity index (χ0) is 14.4. The molecule has 0 fully saturated rings. The third-order valence-electron chi connectivity index (χ3n) is 3.17. The van der Waals surface area contributed by atoms with Gasteiger partial charge in [-0.15, -0.1) is 0 Å². The van der Waals surface area contributed by atoms with Crippen LogP contribution in [0.4, 0.5) is 5.69 Å². The normalized spacial score (nSPS) is 10.7. The van der Waals surface area contributed by atoms with Crippen molar-refractivity contribution in [2.75, 3.05) is 32.0 Å². The van der Waals surface area contributed by atoms with Gasteiger partial charge in [0.25, 0.3) is 0 Å². The maximum absolute atomic E-state index is 12.2. The molecule has 19 heavy (non-hydrogen) atoms. The van der Waals surface area contributed by atoms with Gasteiger partial charge in [-0.25, -0.2) is 0 Å². The molecule has 0 radical (unpaired) electrons. The Hall–Kier alpha value is -1.56. The van der Waals surface area contributed by atoms with E-state index in [1.54, 1.807) is 9.58 Å². The van der Waals surface area contributed by atoms with E-state index < -0.39 is 0 Å². The maximum atomic E-state index is 12.2. The zero-order valence-corrected chi connectivity index (χ0v) is 12.3. The molecule has 2 N–H and O–H groups in total. The molecule has 1 aromatic rings. The average Bonchev–Trinajstić information content (AvgIpc) is 2.62. The van der Waals surface area contributed by atoms with Crippen LogP contribution in [0.25, 0.3) is 0 Å². The minimum absolute atomic E-state index is 0.0350. The predicted octanol–water partition coefficient (Wildman–Crippen LogP) is 0.967. The lowest BCUT2D eigenvalue weighted by atomic mass is 10.3. The number of carbonyl (C=O) groups is 1. The molecule has 0 aliphatic rings. The Balaban J connectivity index is 2.63. The van der Waals surface area contributed by atoms with Crippen molar-refractivity contribution in [3.63, 3.8) is 0 Å². The summed E-state index contributed by atoms with van der Waals surface area (Å²) >= 11 is 0. The van der Waals surface area contributed by atoms with E-state index in [1.807, 2.05) is 27.7 Å². The molecule has 6 heteroatoms. The first-order valence-corrected chi connectivity index (χ1v) is 6.66. The van der Waals surface area contributed by atoms with Crippen molar-refractivity contribution in [2.24, 2.45) is 0 Å². The van der Waals surface area contributed by atoms with Crippen molar-refractivity contribution in [1.29, 1.82) is 0 Å². The number of rotatable bonds is 7. The number of nitrogens with two attached hydrogens (primary N) is 1. The molecule has 0 bridgehead atoms. The summed E-state index contributed by atoms with van der Waals surface area (Å²) in [5.74, 6) is 0.0350. The molecule has 0 saturated heterocycles. The van der Waals surface area contributed by atoms with Crippen LogP contribution < -0.4 is 5.73 Å². The minimum Gasteiger partial charge on any atom is -0.396 e. The van der Waals surface area contributed by atoms with E-state index in [9.17, 15) is 4.79 Å². The van der Waals surface area contributed by atoms with Gasteiger partial charge in [0, 0.05) is 19.7 Å². The second kappa shape index (κ2) is 7.13. The van der Waals surface area contributed by atoms with Gasteiger partial charge in [0.2, 0.25) is 5.91 Å². The third-order valence-corrected chi connectivity index (χ3v) is 3.17. The van der Waals surface area contributed by atoms with Crippen LogP contribution in [0.1, 0.15) is 25.2 Å².